The topological polar surface area (TPSA) is 67.8 Å². The van der Waals surface area contributed by atoms with Crippen molar-refractivity contribution < 1.29 is 15.6 Å². The predicted octanol–water partition coefficient (Wildman–Crippen LogP) is 0.815. The number of carbonyl (C=O) groups excluding carboxylic acids is 1. The number of aliphatic carboxylic acids is 1. The molecule has 0 aliphatic carbocycles. The van der Waals surface area contributed by atoms with E-state index in [2.05, 4.69) is 38.6 Å². The Labute approximate surface area is 103 Å². The van der Waals surface area contributed by atoms with Gasteiger partial charge in [0, 0.05) is 18.0 Å². The zero-order chi connectivity index (χ0) is 13.0. The maximum Gasteiger partial charge on any atom is 0.110 e. The number of rotatable bonds is 5. The van der Waals surface area contributed by atoms with E-state index in [4.69, 9.17) is 0 Å². The summed E-state index contributed by atoms with van der Waals surface area (Å²) < 4.78 is 0. The number of aryl methyl sites for hydroxylation is 3. The van der Waals surface area contributed by atoms with Crippen LogP contribution in [0.1, 0.15) is 47.6 Å². The quantitative estimate of drug-likeness (QED) is 0.820. The first kappa shape index (κ1) is 13.7. The summed E-state index contributed by atoms with van der Waals surface area (Å²) in [5.74, 6) is -0.977. The van der Waals surface area contributed by atoms with E-state index in [1.807, 2.05) is 0 Å². The van der Waals surface area contributed by atoms with Crippen LogP contribution in [0.3, 0.4) is 0 Å². The summed E-state index contributed by atoms with van der Waals surface area (Å²) in [5, 5.41) is 10.4. The van der Waals surface area contributed by atoms with E-state index < -0.39 is 5.97 Å². The summed E-state index contributed by atoms with van der Waals surface area (Å²) in [6.45, 7) is 6.26. The third-order valence-corrected chi connectivity index (χ3v) is 3.08. The van der Waals surface area contributed by atoms with Crippen molar-refractivity contribution in [3.8, 4) is 0 Å². The third kappa shape index (κ3) is 3.86. The highest BCUT2D eigenvalue weighted by Gasteiger charge is 2.15. The molecule has 0 saturated heterocycles. The van der Waals surface area contributed by atoms with Gasteiger partial charge in [-0.15, -0.1) is 0 Å². The van der Waals surface area contributed by atoms with Gasteiger partial charge in [0.1, 0.15) is 6.04 Å². The number of carbonyl (C=O) groups is 1. The Morgan fingerprint density at radius 2 is 1.82 bits per heavy atom. The van der Waals surface area contributed by atoms with Crippen LogP contribution in [0.5, 0.6) is 0 Å². The van der Waals surface area contributed by atoms with Gasteiger partial charge in [-0.1, -0.05) is 17.7 Å². The van der Waals surface area contributed by atoms with Gasteiger partial charge >= 0.3 is 0 Å². The minimum absolute atomic E-state index is 0.121. The molecule has 0 aliphatic heterocycles. The molecule has 0 amide bonds. The summed E-state index contributed by atoms with van der Waals surface area (Å²) in [5.41, 5.74) is 9.15. The van der Waals surface area contributed by atoms with Gasteiger partial charge in [0.2, 0.25) is 0 Å². The Kier molecular flexibility index (Phi) is 4.70. The normalized spacial score (nSPS) is 12.5. The molecule has 17 heavy (non-hydrogen) atoms. The first-order chi connectivity index (χ1) is 7.91. The van der Waals surface area contributed by atoms with Gasteiger partial charge < -0.3 is 15.6 Å². The van der Waals surface area contributed by atoms with Crippen molar-refractivity contribution in [2.45, 2.75) is 46.1 Å². The zero-order valence-electron chi connectivity index (χ0n) is 10.9. The molecule has 3 nitrogen and oxygen atoms in total. The molecule has 0 radical (unpaired) electrons. The van der Waals surface area contributed by atoms with E-state index in [0.717, 1.165) is 6.42 Å². The number of hydrogen-bond donors (Lipinski definition) is 1. The van der Waals surface area contributed by atoms with Crippen LogP contribution in [0.2, 0.25) is 0 Å². The molecule has 1 aromatic rings. The van der Waals surface area contributed by atoms with Gasteiger partial charge in [-0.05, 0) is 44.7 Å². The second-order valence-corrected chi connectivity index (χ2v) is 4.77. The van der Waals surface area contributed by atoms with E-state index in [9.17, 15) is 9.90 Å². The van der Waals surface area contributed by atoms with Crippen LogP contribution in [0, 0.1) is 20.8 Å². The first-order valence-corrected chi connectivity index (χ1v) is 6.02. The highest BCUT2D eigenvalue weighted by atomic mass is 16.4. The van der Waals surface area contributed by atoms with Crippen LogP contribution in [0.4, 0.5) is 0 Å². The lowest BCUT2D eigenvalue weighted by Crippen LogP contribution is -2.54. The minimum Gasteiger partial charge on any atom is -0.550 e. The maximum absolute atomic E-state index is 10.4. The summed E-state index contributed by atoms with van der Waals surface area (Å²) in [6.07, 6.45) is 1.54. The molecule has 0 saturated carbocycles. The van der Waals surface area contributed by atoms with Crippen molar-refractivity contribution in [1.82, 2.24) is 0 Å². The van der Waals surface area contributed by atoms with Crippen LogP contribution >= 0.6 is 0 Å². The number of benzene rings is 1. The largest absolute Gasteiger partial charge is 0.550 e. The second-order valence-electron chi connectivity index (χ2n) is 4.77. The molecule has 1 aromatic carbocycles. The van der Waals surface area contributed by atoms with Crippen LogP contribution in [-0.4, -0.2) is 5.97 Å². The molecular weight excluding hydrogens is 214 g/mol. The Morgan fingerprint density at radius 1 is 1.29 bits per heavy atom. The lowest BCUT2D eigenvalue weighted by atomic mass is 9.92. The monoisotopic (exact) mass is 235 g/mol. The lowest BCUT2D eigenvalue weighted by Gasteiger charge is -2.15. The van der Waals surface area contributed by atoms with Gasteiger partial charge in [0.15, 0.2) is 0 Å². The Balaban J connectivity index is 2.75. The molecule has 0 heterocycles. The average Bonchev–Trinajstić information content (AvgIpc) is 2.14. The molecule has 0 aromatic heterocycles. The van der Waals surface area contributed by atoms with E-state index in [-0.39, 0.29) is 12.5 Å². The smallest absolute Gasteiger partial charge is 0.110 e. The standard InChI is InChI=1S/C14H21NO2/c1-9-7-10(2)14(11(3)8-9)12(15)5-4-6-13(16)17/h7-8,12H,4-6,15H2,1-3H3,(H,16,17)/t12-/m1/s1. The van der Waals surface area contributed by atoms with Crippen molar-refractivity contribution in [1.29, 1.82) is 0 Å². The Hall–Kier alpha value is -1.35. The van der Waals surface area contributed by atoms with Crippen LogP contribution < -0.4 is 10.8 Å². The SMILES string of the molecule is Cc1cc(C)c([C@H]([NH3+])CCCC(=O)[O-])c(C)c1. The minimum atomic E-state index is -0.977. The van der Waals surface area contributed by atoms with Crippen LogP contribution in [0.25, 0.3) is 0 Å². The van der Waals surface area contributed by atoms with Crippen molar-refractivity contribution in [2.75, 3.05) is 0 Å². The molecule has 0 aliphatic rings. The zero-order valence-corrected chi connectivity index (χ0v) is 10.9. The van der Waals surface area contributed by atoms with Crippen molar-refractivity contribution in [3.63, 3.8) is 0 Å². The maximum atomic E-state index is 10.4. The number of quaternary nitrogens is 1. The van der Waals surface area contributed by atoms with Crippen molar-refractivity contribution in [2.24, 2.45) is 0 Å². The molecule has 0 fully saturated rings. The molecule has 1 rings (SSSR count). The Bertz CT molecular complexity index is 390. The fourth-order valence-electron chi connectivity index (χ4n) is 2.47. The van der Waals surface area contributed by atoms with Crippen LogP contribution in [-0.2, 0) is 4.79 Å². The summed E-state index contributed by atoms with van der Waals surface area (Å²) >= 11 is 0. The fraction of sp³-hybridized carbons (Fsp3) is 0.500. The molecular formula is C14H21NO2. The highest BCUT2D eigenvalue weighted by Crippen LogP contribution is 2.24. The lowest BCUT2D eigenvalue weighted by molar-refractivity contribution is -0.428. The molecule has 0 bridgehead atoms. The van der Waals surface area contributed by atoms with Gasteiger partial charge in [-0.3, -0.25) is 0 Å². The van der Waals surface area contributed by atoms with Gasteiger partial charge in [-0.25, -0.2) is 0 Å². The summed E-state index contributed by atoms with van der Waals surface area (Å²) in [6, 6.07) is 4.47. The molecule has 94 valence electrons. The van der Waals surface area contributed by atoms with Crippen molar-refractivity contribution in [3.05, 3.63) is 34.4 Å². The summed E-state index contributed by atoms with van der Waals surface area (Å²) in [4.78, 5) is 10.4. The molecule has 3 heteroatoms. The fourth-order valence-corrected chi connectivity index (χ4v) is 2.47. The molecule has 0 unspecified atom stereocenters. The van der Waals surface area contributed by atoms with E-state index in [1.165, 1.54) is 22.3 Å². The number of carboxylic acids is 1. The van der Waals surface area contributed by atoms with Crippen LogP contribution in [0.15, 0.2) is 12.1 Å². The average molecular weight is 235 g/mol. The van der Waals surface area contributed by atoms with E-state index in [0.29, 0.717) is 6.42 Å². The van der Waals surface area contributed by atoms with Gasteiger partial charge in [0.05, 0.1) is 0 Å². The molecule has 0 spiro atoms. The highest BCUT2D eigenvalue weighted by molar-refractivity contribution is 5.64. The molecule has 3 N–H and O–H groups in total. The predicted molar refractivity (Wildman–Crippen MR) is 65.1 cm³/mol. The van der Waals surface area contributed by atoms with E-state index in [1.54, 1.807) is 0 Å². The summed E-state index contributed by atoms with van der Waals surface area (Å²) in [7, 11) is 0. The molecule has 1 atom stereocenters. The second kappa shape index (κ2) is 5.82. The van der Waals surface area contributed by atoms with Gasteiger partial charge in [0.25, 0.3) is 0 Å². The Morgan fingerprint density at radius 3 is 2.29 bits per heavy atom. The third-order valence-electron chi connectivity index (χ3n) is 3.08. The number of hydrogen-bond acceptors (Lipinski definition) is 2. The first-order valence-electron chi connectivity index (χ1n) is 6.02. The van der Waals surface area contributed by atoms with Crippen molar-refractivity contribution >= 4 is 5.97 Å². The number of carboxylic acid groups (broad SMARTS) is 1. The van der Waals surface area contributed by atoms with E-state index >= 15 is 0 Å². The van der Waals surface area contributed by atoms with Gasteiger partial charge in [-0.2, -0.15) is 0 Å².